The Morgan fingerprint density at radius 3 is 2.96 bits per heavy atom. The van der Waals surface area contributed by atoms with E-state index in [1.165, 1.54) is 10.8 Å². The van der Waals surface area contributed by atoms with Gasteiger partial charge in [0.1, 0.15) is 11.2 Å². The largest absolute Gasteiger partial charge is 0.462 e. The average Bonchev–Trinajstić information content (AvgIpc) is 3.05. The smallest absolute Gasteiger partial charge is 0.343 e. The number of hydrogen-bond donors (Lipinski definition) is 0. The molecule has 0 bridgehead atoms. The van der Waals surface area contributed by atoms with Gasteiger partial charge in [0.15, 0.2) is 11.0 Å². The Labute approximate surface area is 144 Å². The molecule has 24 heavy (non-hydrogen) atoms. The number of carbonyl (C=O) groups excluding carboxylic acids is 1. The van der Waals surface area contributed by atoms with Crippen LogP contribution in [-0.4, -0.2) is 30.9 Å². The van der Waals surface area contributed by atoms with Crippen LogP contribution in [-0.2, 0) is 11.3 Å². The van der Waals surface area contributed by atoms with Crippen molar-refractivity contribution in [2.24, 2.45) is 0 Å². The van der Waals surface area contributed by atoms with Crippen molar-refractivity contribution in [2.45, 2.75) is 13.5 Å². The third kappa shape index (κ3) is 3.00. The molecule has 0 saturated carbocycles. The molecule has 0 aliphatic heterocycles. The van der Waals surface area contributed by atoms with E-state index in [1.54, 1.807) is 13.1 Å². The van der Waals surface area contributed by atoms with Crippen LogP contribution in [0, 0.1) is 5.82 Å². The maximum Gasteiger partial charge on any atom is 0.343 e. The van der Waals surface area contributed by atoms with E-state index in [1.807, 2.05) is 0 Å². The van der Waals surface area contributed by atoms with Crippen LogP contribution in [0.3, 0.4) is 0 Å². The molecule has 0 aliphatic carbocycles. The minimum Gasteiger partial charge on any atom is -0.462 e. The molecule has 0 fully saturated rings. The van der Waals surface area contributed by atoms with Crippen LogP contribution in [0.15, 0.2) is 23.3 Å². The van der Waals surface area contributed by atoms with Crippen molar-refractivity contribution in [3.63, 3.8) is 0 Å². The number of carbonyl (C=O) groups is 1. The van der Waals surface area contributed by atoms with Crippen LogP contribution in [0.2, 0.25) is 5.15 Å². The van der Waals surface area contributed by atoms with Crippen molar-refractivity contribution in [3.8, 4) is 0 Å². The highest BCUT2D eigenvalue weighted by atomic mass is 35.5. The number of esters is 1. The number of fused-ring (bicyclic) bond motifs is 1. The van der Waals surface area contributed by atoms with Gasteiger partial charge in [-0.1, -0.05) is 11.6 Å². The first kappa shape index (κ1) is 16.5. The summed E-state index contributed by atoms with van der Waals surface area (Å²) in [6, 6.07) is 0.964. The fraction of sp³-hybridized carbons (Fsp3) is 0.214. The van der Waals surface area contributed by atoms with Crippen molar-refractivity contribution in [1.82, 2.24) is 18.3 Å². The van der Waals surface area contributed by atoms with Gasteiger partial charge in [-0.05, 0) is 13.0 Å². The number of rotatable bonds is 4. The fourth-order valence-corrected chi connectivity index (χ4v) is 2.73. The summed E-state index contributed by atoms with van der Waals surface area (Å²) in [5, 5.41) is -0.429. The predicted molar refractivity (Wildman–Crippen MR) is 85.9 cm³/mol. The third-order valence-corrected chi connectivity index (χ3v) is 3.97. The molecule has 3 heterocycles. The minimum atomic E-state index is -0.843. The summed E-state index contributed by atoms with van der Waals surface area (Å²) in [5.41, 5.74) is -0.135. The lowest BCUT2D eigenvalue weighted by atomic mass is 10.2. The molecule has 10 heteroatoms. The number of pyridine rings is 2. The number of halogens is 2. The van der Waals surface area contributed by atoms with Gasteiger partial charge in [0.05, 0.1) is 42.2 Å². The predicted octanol–water partition coefficient (Wildman–Crippen LogP) is 2.27. The van der Waals surface area contributed by atoms with E-state index in [2.05, 4.69) is 13.7 Å². The van der Waals surface area contributed by atoms with E-state index in [0.29, 0.717) is 5.69 Å². The van der Waals surface area contributed by atoms with Gasteiger partial charge in [0, 0.05) is 6.20 Å². The molecule has 0 aliphatic rings. The lowest BCUT2D eigenvalue weighted by Gasteiger charge is -2.11. The van der Waals surface area contributed by atoms with Gasteiger partial charge in [0.2, 0.25) is 5.43 Å². The van der Waals surface area contributed by atoms with Crippen molar-refractivity contribution < 1.29 is 13.9 Å². The zero-order valence-electron chi connectivity index (χ0n) is 12.3. The molecule has 0 radical (unpaired) electrons. The SMILES string of the molecule is CCOC(=O)c1cn(Cc2cnsn2)c2nc(Cl)c(F)cc2c1=O. The molecule has 0 amide bonds. The van der Waals surface area contributed by atoms with Crippen LogP contribution >= 0.6 is 23.3 Å². The second kappa shape index (κ2) is 6.62. The van der Waals surface area contributed by atoms with Crippen LogP contribution in [0.4, 0.5) is 4.39 Å². The molecule has 0 aromatic carbocycles. The Kier molecular flexibility index (Phi) is 4.54. The summed E-state index contributed by atoms with van der Waals surface area (Å²) >= 11 is 6.75. The number of ether oxygens (including phenoxy) is 1. The molecule has 7 nitrogen and oxygen atoms in total. The third-order valence-electron chi connectivity index (χ3n) is 3.19. The highest BCUT2D eigenvalue weighted by Gasteiger charge is 2.19. The monoisotopic (exact) mass is 368 g/mol. The molecule has 0 saturated heterocycles. The lowest BCUT2D eigenvalue weighted by molar-refractivity contribution is 0.0524. The summed E-state index contributed by atoms with van der Waals surface area (Å²) < 4.78 is 28.1. The summed E-state index contributed by atoms with van der Waals surface area (Å²) in [5.74, 6) is -1.63. The van der Waals surface area contributed by atoms with Crippen LogP contribution in [0.5, 0.6) is 0 Å². The first-order chi connectivity index (χ1) is 11.5. The Morgan fingerprint density at radius 2 is 2.29 bits per heavy atom. The van der Waals surface area contributed by atoms with E-state index in [4.69, 9.17) is 16.3 Å². The maximum absolute atomic E-state index is 13.7. The van der Waals surface area contributed by atoms with Crippen molar-refractivity contribution in [2.75, 3.05) is 6.61 Å². The standard InChI is InChI=1S/C14H10ClFN4O3S/c1-2-23-14(22)9-6-20(5-7-4-17-24-19-7)13-8(11(9)21)3-10(16)12(15)18-13/h3-4,6H,2,5H2,1H3. The second-order valence-corrected chi connectivity index (χ2v) is 5.67. The van der Waals surface area contributed by atoms with Gasteiger partial charge in [-0.3, -0.25) is 4.79 Å². The molecule has 124 valence electrons. The summed E-state index contributed by atoms with van der Waals surface area (Å²) in [6.07, 6.45) is 2.85. The summed E-state index contributed by atoms with van der Waals surface area (Å²) in [4.78, 5) is 28.4. The zero-order chi connectivity index (χ0) is 17.3. The number of aromatic nitrogens is 4. The van der Waals surface area contributed by atoms with Gasteiger partial charge in [0.25, 0.3) is 0 Å². The zero-order valence-corrected chi connectivity index (χ0v) is 13.9. The maximum atomic E-state index is 13.7. The normalized spacial score (nSPS) is 11.0. The van der Waals surface area contributed by atoms with Crippen LogP contribution < -0.4 is 5.43 Å². The molecule has 0 unspecified atom stereocenters. The van der Waals surface area contributed by atoms with Gasteiger partial charge in [-0.15, -0.1) is 0 Å². The van der Waals surface area contributed by atoms with Gasteiger partial charge < -0.3 is 9.30 Å². The van der Waals surface area contributed by atoms with Gasteiger partial charge >= 0.3 is 5.97 Å². The topological polar surface area (TPSA) is 87.0 Å². The van der Waals surface area contributed by atoms with Crippen LogP contribution in [0.1, 0.15) is 23.0 Å². The minimum absolute atomic E-state index is 0.0642. The number of hydrogen-bond acceptors (Lipinski definition) is 7. The van der Waals surface area contributed by atoms with Crippen molar-refractivity contribution in [3.05, 3.63) is 50.9 Å². The molecule has 3 aromatic heterocycles. The lowest BCUT2D eigenvalue weighted by Crippen LogP contribution is -2.22. The Hall–Kier alpha value is -2.39. The van der Waals surface area contributed by atoms with Crippen LogP contribution in [0.25, 0.3) is 11.0 Å². The van der Waals surface area contributed by atoms with E-state index in [9.17, 15) is 14.0 Å². The highest BCUT2D eigenvalue weighted by molar-refractivity contribution is 6.99. The van der Waals surface area contributed by atoms with E-state index >= 15 is 0 Å². The fourth-order valence-electron chi connectivity index (χ4n) is 2.17. The first-order valence-electron chi connectivity index (χ1n) is 6.84. The van der Waals surface area contributed by atoms with Crippen molar-refractivity contribution in [1.29, 1.82) is 0 Å². The Bertz CT molecular complexity index is 974. The summed E-state index contributed by atoms with van der Waals surface area (Å²) in [7, 11) is 0. The second-order valence-electron chi connectivity index (χ2n) is 4.75. The number of nitrogens with zero attached hydrogens (tertiary/aromatic N) is 4. The molecular formula is C14H10ClFN4O3S. The molecule has 0 atom stereocenters. The first-order valence-corrected chi connectivity index (χ1v) is 7.94. The molecular weight excluding hydrogens is 359 g/mol. The molecule has 3 rings (SSSR count). The van der Waals surface area contributed by atoms with E-state index in [-0.39, 0.29) is 34.9 Å². The quantitative estimate of drug-likeness (QED) is 0.518. The van der Waals surface area contributed by atoms with E-state index in [0.717, 1.165) is 17.8 Å². The molecule has 3 aromatic rings. The summed E-state index contributed by atoms with van der Waals surface area (Å²) in [6.45, 7) is 1.92. The van der Waals surface area contributed by atoms with Gasteiger partial charge in [-0.25, -0.2) is 14.2 Å². The Morgan fingerprint density at radius 1 is 1.50 bits per heavy atom. The molecule has 0 spiro atoms. The molecule has 0 N–H and O–H groups in total. The van der Waals surface area contributed by atoms with Gasteiger partial charge in [-0.2, -0.15) is 8.75 Å². The Balaban J connectivity index is 2.27. The van der Waals surface area contributed by atoms with E-state index < -0.39 is 17.2 Å². The van der Waals surface area contributed by atoms with Crippen molar-refractivity contribution >= 4 is 40.3 Å². The average molecular weight is 369 g/mol. The highest BCUT2D eigenvalue weighted by Crippen LogP contribution is 2.19.